The summed E-state index contributed by atoms with van der Waals surface area (Å²) in [6.07, 6.45) is -4.84. The maximum absolute atomic E-state index is 13.4. The summed E-state index contributed by atoms with van der Waals surface area (Å²) in [6.45, 7) is 3.43. The Hall–Kier alpha value is -3.82. The fourth-order valence-corrected chi connectivity index (χ4v) is 3.89. The zero-order valence-corrected chi connectivity index (χ0v) is 19.1. The van der Waals surface area contributed by atoms with Gasteiger partial charge in [-0.05, 0) is 55.8 Å². The molecule has 0 atom stereocenters. The zero-order chi connectivity index (χ0) is 24.8. The number of fused-ring (bicyclic) bond motifs is 1. The number of pyridine rings is 1. The highest BCUT2D eigenvalue weighted by Crippen LogP contribution is 2.36. The average Bonchev–Trinajstić information content (AvgIpc) is 2.92. The molecular weight excluding hydrogens is 449 g/mol. The molecule has 2 aromatic carbocycles. The molecule has 7 nitrogen and oxygen atoms in total. The number of nitrogens with zero attached hydrogens (tertiary/aromatic N) is 4. The molecule has 0 spiro atoms. The minimum Gasteiger partial charge on any atom is -0.406 e. The van der Waals surface area contributed by atoms with E-state index in [-0.39, 0.29) is 12.2 Å². The van der Waals surface area contributed by atoms with Crippen LogP contribution in [0.2, 0.25) is 0 Å². The molecule has 0 aliphatic carbocycles. The topological polar surface area (TPSA) is 66.0 Å². The minimum absolute atomic E-state index is 0.146. The molecule has 1 aliphatic heterocycles. The molecule has 1 saturated heterocycles. The first kappa shape index (κ1) is 23.3. The van der Waals surface area contributed by atoms with Crippen molar-refractivity contribution < 1.29 is 27.5 Å². The van der Waals surface area contributed by atoms with Crippen LogP contribution >= 0.6 is 0 Å². The van der Waals surface area contributed by atoms with Crippen molar-refractivity contribution >= 4 is 34.3 Å². The number of carbonyl (C=O) groups is 2. The fraction of sp³-hybridized carbons (Fsp3) is 0.292. The smallest absolute Gasteiger partial charge is 0.406 e. The Morgan fingerprint density at radius 3 is 2.29 bits per heavy atom. The SMILES string of the molecule is CN(C)c1cc(CN2C(=O)N(c3ccc(OC(F)(F)F)cc3)C(=O)C2(C)C)c2ccccc2n1. The van der Waals surface area contributed by atoms with Crippen molar-refractivity contribution in [2.24, 2.45) is 0 Å². The van der Waals surface area contributed by atoms with E-state index >= 15 is 0 Å². The number of hydrogen-bond donors (Lipinski definition) is 0. The lowest BCUT2D eigenvalue weighted by Crippen LogP contribution is -2.43. The number of halogens is 3. The van der Waals surface area contributed by atoms with E-state index in [1.54, 1.807) is 13.8 Å². The molecule has 1 fully saturated rings. The second-order valence-electron chi connectivity index (χ2n) is 8.66. The summed E-state index contributed by atoms with van der Waals surface area (Å²) >= 11 is 0. The predicted octanol–water partition coefficient (Wildman–Crippen LogP) is 4.95. The third-order valence-electron chi connectivity index (χ3n) is 5.73. The summed E-state index contributed by atoms with van der Waals surface area (Å²) in [7, 11) is 3.73. The number of urea groups is 1. The first-order valence-corrected chi connectivity index (χ1v) is 10.5. The number of para-hydroxylation sites is 1. The Morgan fingerprint density at radius 2 is 1.68 bits per heavy atom. The van der Waals surface area contributed by atoms with Gasteiger partial charge in [0.25, 0.3) is 5.91 Å². The van der Waals surface area contributed by atoms with Gasteiger partial charge in [-0.15, -0.1) is 13.2 Å². The highest BCUT2D eigenvalue weighted by atomic mass is 19.4. The highest BCUT2D eigenvalue weighted by Gasteiger charge is 2.51. The van der Waals surface area contributed by atoms with Crippen LogP contribution in [0.5, 0.6) is 5.75 Å². The van der Waals surface area contributed by atoms with Crippen LogP contribution in [-0.2, 0) is 11.3 Å². The van der Waals surface area contributed by atoms with Crippen LogP contribution in [0.25, 0.3) is 10.9 Å². The minimum atomic E-state index is -4.84. The van der Waals surface area contributed by atoms with Crippen LogP contribution in [-0.4, -0.2) is 47.8 Å². The normalized spacial score (nSPS) is 15.9. The molecule has 10 heteroatoms. The molecular formula is C24H23F3N4O3. The van der Waals surface area contributed by atoms with Gasteiger partial charge in [-0.1, -0.05) is 18.2 Å². The summed E-state index contributed by atoms with van der Waals surface area (Å²) in [6, 6.07) is 13.5. The van der Waals surface area contributed by atoms with Gasteiger partial charge in [0, 0.05) is 26.0 Å². The number of rotatable bonds is 5. The van der Waals surface area contributed by atoms with Crippen LogP contribution in [0, 0.1) is 0 Å². The van der Waals surface area contributed by atoms with Crippen LogP contribution in [0.1, 0.15) is 19.4 Å². The fourth-order valence-electron chi connectivity index (χ4n) is 3.89. The second-order valence-corrected chi connectivity index (χ2v) is 8.66. The first-order chi connectivity index (χ1) is 15.9. The molecule has 0 bridgehead atoms. The lowest BCUT2D eigenvalue weighted by atomic mass is 10.0. The van der Waals surface area contributed by atoms with E-state index in [2.05, 4.69) is 9.72 Å². The molecule has 1 aliphatic rings. The number of alkyl halides is 3. The van der Waals surface area contributed by atoms with Gasteiger partial charge in [-0.2, -0.15) is 0 Å². The Bertz CT molecular complexity index is 1260. The number of aromatic nitrogens is 1. The second kappa shape index (κ2) is 8.19. The van der Waals surface area contributed by atoms with Crippen molar-refractivity contribution in [3.63, 3.8) is 0 Å². The standard InChI is InChI=1S/C24H23F3N4O3/c1-23(2)21(32)31(16-9-11-17(12-10-16)34-24(25,26)27)22(33)30(23)14-15-13-20(29(3)4)28-19-8-6-5-7-18(15)19/h5-13H,14H2,1-4H3. The summed E-state index contributed by atoms with van der Waals surface area (Å²) < 4.78 is 41.3. The molecule has 4 rings (SSSR count). The number of benzene rings is 2. The van der Waals surface area contributed by atoms with Gasteiger partial charge in [-0.3, -0.25) is 4.79 Å². The van der Waals surface area contributed by atoms with Crippen molar-refractivity contribution in [1.29, 1.82) is 0 Å². The maximum atomic E-state index is 13.4. The Balaban J connectivity index is 1.68. The molecule has 2 heterocycles. The van der Waals surface area contributed by atoms with E-state index in [0.717, 1.165) is 33.5 Å². The van der Waals surface area contributed by atoms with Gasteiger partial charge in [-0.25, -0.2) is 14.7 Å². The monoisotopic (exact) mass is 472 g/mol. The summed E-state index contributed by atoms with van der Waals surface area (Å²) in [5.74, 6) is -0.208. The predicted molar refractivity (Wildman–Crippen MR) is 122 cm³/mol. The van der Waals surface area contributed by atoms with Crippen LogP contribution < -0.4 is 14.5 Å². The Kier molecular flexibility index (Phi) is 5.63. The van der Waals surface area contributed by atoms with Crippen molar-refractivity contribution in [1.82, 2.24) is 9.88 Å². The van der Waals surface area contributed by atoms with E-state index in [4.69, 9.17) is 0 Å². The van der Waals surface area contributed by atoms with E-state index in [9.17, 15) is 22.8 Å². The quantitative estimate of drug-likeness (QED) is 0.492. The van der Waals surface area contributed by atoms with E-state index in [1.165, 1.54) is 17.0 Å². The summed E-state index contributed by atoms with van der Waals surface area (Å²) in [5, 5.41) is 0.858. The molecule has 0 radical (unpaired) electrons. The maximum Gasteiger partial charge on any atom is 0.573 e. The lowest BCUT2D eigenvalue weighted by Gasteiger charge is -2.28. The van der Waals surface area contributed by atoms with Gasteiger partial charge in [0.2, 0.25) is 0 Å². The van der Waals surface area contributed by atoms with E-state index in [1.807, 2.05) is 49.3 Å². The van der Waals surface area contributed by atoms with Crippen LogP contribution in [0.3, 0.4) is 0 Å². The first-order valence-electron chi connectivity index (χ1n) is 10.5. The van der Waals surface area contributed by atoms with Crippen molar-refractivity contribution in [3.05, 3.63) is 60.2 Å². The highest BCUT2D eigenvalue weighted by molar-refractivity contribution is 6.23. The molecule has 3 amide bonds. The molecule has 0 N–H and O–H groups in total. The number of imide groups is 1. The van der Waals surface area contributed by atoms with Crippen molar-refractivity contribution in [3.8, 4) is 5.75 Å². The number of anilines is 2. The lowest BCUT2D eigenvalue weighted by molar-refractivity contribution is -0.274. The van der Waals surface area contributed by atoms with Crippen molar-refractivity contribution in [2.75, 3.05) is 23.9 Å². The Labute approximate surface area is 194 Å². The van der Waals surface area contributed by atoms with Gasteiger partial charge in [0.05, 0.1) is 11.2 Å². The Morgan fingerprint density at radius 1 is 1.03 bits per heavy atom. The number of hydrogen-bond acceptors (Lipinski definition) is 5. The number of amides is 3. The van der Waals surface area contributed by atoms with Gasteiger partial charge >= 0.3 is 12.4 Å². The molecule has 0 saturated carbocycles. The van der Waals surface area contributed by atoms with Crippen LogP contribution in [0.15, 0.2) is 54.6 Å². The summed E-state index contributed by atoms with van der Waals surface area (Å²) in [4.78, 5) is 35.5. The largest absolute Gasteiger partial charge is 0.573 e. The van der Waals surface area contributed by atoms with Gasteiger partial charge in [0.1, 0.15) is 17.1 Å². The summed E-state index contributed by atoms with van der Waals surface area (Å²) in [5.41, 5.74) is 0.561. The molecule has 3 aromatic rings. The molecule has 0 unspecified atom stereocenters. The van der Waals surface area contributed by atoms with E-state index < -0.39 is 29.6 Å². The molecule has 34 heavy (non-hydrogen) atoms. The van der Waals surface area contributed by atoms with Crippen molar-refractivity contribution in [2.45, 2.75) is 32.3 Å². The molecule has 1 aromatic heterocycles. The average molecular weight is 472 g/mol. The van der Waals surface area contributed by atoms with Crippen LogP contribution in [0.4, 0.5) is 29.5 Å². The third kappa shape index (κ3) is 4.23. The van der Waals surface area contributed by atoms with Gasteiger partial charge < -0.3 is 14.5 Å². The number of carbonyl (C=O) groups excluding carboxylic acids is 2. The third-order valence-corrected chi connectivity index (χ3v) is 5.73. The molecule has 178 valence electrons. The van der Waals surface area contributed by atoms with Gasteiger partial charge in [0.15, 0.2) is 0 Å². The number of ether oxygens (including phenoxy) is 1. The zero-order valence-electron chi connectivity index (χ0n) is 19.1. The van der Waals surface area contributed by atoms with E-state index in [0.29, 0.717) is 5.82 Å².